The van der Waals surface area contributed by atoms with Gasteiger partial charge in [0, 0.05) is 16.5 Å². The van der Waals surface area contributed by atoms with Gasteiger partial charge in [-0.3, -0.25) is 0 Å². The molecule has 0 N–H and O–H groups in total. The highest BCUT2D eigenvalue weighted by Gasteiger charge is 2.33. The van der Waals surface area contributed by atoms with Crippen LogP contribution in [0.1, 0.15) is 29.7 Å². The van der Waals surface area contributed by atoms with Gasteiger partial charge in [-0.15, -0.1) is 0 Å². The molecule has 1 aliphatic heterocycles. The number of rotatable bonds is 2. The Morgan fingerprint density at radius 1 is 0.792 bits per heavy atom. The Labute approximate surface area is 142 Å². The molecule has 0 radical (unpaired) electrons. The molecule has 1 heteroatoms. The fourth-order valence-electron chi connectivity index (χ4n) is 4.30. The van der Waals surface area contributed by atoms with Gasteiger partial charge in [-0.05, 0) is 29.2 Å². The number of aryl methyl sites for hydroxylation is 1. The maximum atomic E-state index is 2.55. The van der Waals surface area contributed by atoms with Crippen molar-refractivity contribution in [2.45, 2.75) is 19.4 Å². The lowest BCUT2D eigenvalue weighted by molar-refractivity contribution is 0.741. The number of hydrogen-bond donors (Lipinski definition) is 0. The summed E-state index contributed by atoms with van der Waals surface area (Å²) >= 11 is 0. The Balaban J connectivity index is 1.93. The predicted octanol–water partition coefficient (Wildman–Crippen LogP) is 5.82. The summed E-state index contributed by atoms with van der Waals surface area (Å²) in [6.07, 6.45) is 1.05. The third-order valence-corrected chi connectivity index (χ3v) is 5.25. The van der Waals surface area contributed by atoms with Gasteiger partial charge in [0.2, 0.25) is 0 Å². The van der Waals surface area contributed by atoms with Gasteiger partial charge in [-0.2, -0.15) is 0 Å². The Bertz CT molecular complexity index is 1040. The molecule has 116 valence electrons. The SMILES string of the molecule is CCc1c2n(c3ccccc13)C(c1ccccc1)c1ccccc1-2. The van der Waals surface area contributed by atoms with Crippen LogP contribution in [-0.2, 0) is 6.42 Å². The third kappa shape index (κ3) is 1.70. The van der Waals surface area contributed by atoms with Crippen LogP contribution < -0.4 is 0 Å². The van der Waals surface area contributed by atoms with Gasteiger partial charge in [0.05, 0.1) is 11.7 Å². The lowest BCUT2D eigenvalue weighted by Crippen LogP contribution is -2.07. The molecule has 0 amide bonds. The van der Waals surface area contributed by atoms with Crippen LogP contribution in [0.5, 0.6) is 0 Å². The van der Waals surface area contributed by atoms with Crippen molar-refractivity contribution in [3.63, 3.8) is 0 Å². The van der Waals surface area contributed by atoms with Gasteiger partial charge in [-0.25, -0.2) is 0 Å². The van der Waals surface area contributed by atoms with Gasteiger partial charge in [0.1, 0.15) is 0 Å². The molecule has 0 saturated heterocycles. The third-order valence-electron chi connectivity index (χ3n) is 5.25. The Hall–Kier alpha value is -2.80. The van der Waals surface area contributed by atoms with Gasteiger partial charge in [-0.1, -0.05) is 79.7 Å². The fraction of sp³-hybridized carbons (Fsp3) is 0.130. The lowest BCUT2D eigenvalue weighted by Gasteiger charge is -2.17. The standard InChI is InChI=1S/C23H19N/c1-2-17-18-12-8-9-15-21(18)24-22(16-10-4-3-5-11-16)19-13-6-7-14-20(19)23(17)24/h3-15,22H,2H2,1H3. The molecule has 5 rings (SSSR count). The fourth-order valence-corrected chi connectivity index (χ4v) is 4.30. The van der Waals surface area contributed by atoms with E-state index in [1.54, 1.807) is 0 Å². The maximum Gasteiger partial charge on any atom is 0.0851 e. The molecule has 1 nitrogen and oxygen atoms in total. The molecule has 24 heavy (non-hydrogen) atoms. The van der Waals surface area contributed by atoms with Crippen molar-refractivity contribution in [2.24, 2.45) is 0 Å². The number of hydrogen-bond acceptors (Lipinski definition) is 0. The normalized spacial score (nSPS) is 15.5. The van der Waals surface area contributed by atoms with Gasteiger partial charge >= 0.3 is 0 Å². The van der Waals surface area contributed by atoms with Crippen LogP contribution in [-0.4, -0.2) is 4.57 Å². The first-order valence-corrected chi connectivity index (χ1v) is 8.66. The zero-order chi connectivity index (χ0) is 16.1. The van der Waals surface area contributed by atoms with Crippen LogP contribution in [0.2, 0.25) is 0 Å². The van der Waals surface area contributed by atoms with Crippen LogP contribution in [0.25, 0.3) is 22.2 Å². The molecule has 0 spiro atoms. The van der Waals surface area contributed by atoms with E-state index < -0.39 is 0 Å². The van der Waals surface area contributed by atoms with Crippen LogP contribution in [0.4, 0.5) is 0 Å². The second kappa shape index (κ2) is 5.10. The summed E-state index contributed by atoms with van der Waals surface area (Å²) in [5, 5.41) is 1.39. The number of fused-ring (bicyclic) bond motifs is 5. The highest BCUT2D eigenvalue weighted by Crippen LogP contribution is 2.48. The van der Waals surface area contributed by atoms with Crippen LogP contribution in [0.3, 0.4) is 0 Å². The molecule has 1 aromatic heterocycles. The summed E-state index contributed by atoms with van der Waals surface area (Å²) in [4.78, 5) is 0. The predicted molar refractivity (Wildman–Crippen MR) is 100 cm³/mol. The van der Waals surface area contributed by atoms with Crippen molar-refractivity contribution in [3.8, 4) is 11.3 Å². The zero-order valence-corrected chi connectivity index (χ0v) is 13.7. The van der Waals surface area contributed by atoms with E-state index in [-0.39, 0.29) is 6.04 Å². The molecule has 1 unspecified atom stereocenters. The molecule has 0 saturated carbocycles. The molecular weight excluding hydrogens is 290 g/mol. The van der Waals surface area contributed by atoms with Crippen LogP contribution in [0.15, 0.2) is 78.9 Å². The van der Waals surface area contributed by atoms with Gasteiger partial charge < -0.3 is 4.57 Å². The van der Waals surface area contributed by atoms with E-state index in [2.05, 4.69) is 90.4 Å². The van der Waals surface area contributed by atoms with E-state index in [1.807, 2.05) is 0 Å². The largest absolute Gasteiger partial charge is 0.328 e. The van der Waals surface area contributed by atoms with E-state index in [9.17, 15) is 0 Å². The first-order chi connectivity index (χ1) is 11.9. The number of benzene rings is 3. The molecule has 0 aliphatic carbocycles. The average molecular weight is 309 g/mol. The Morgan fingerprint density at radius 3 is 2.33 bits per heavy atom. The minimum Gasteiger partial charge on any atom is -0.328 e. The number of aromatic nitrogens is 1. The van der Waals surface area contributed by atoms with Gasteiger partial charge in [0.15, 0.2) is 0 Å². The summed E-state index contributed by atoms with van der Waals surface area (Å²) in [5.74, 6) is 0. The highest BCUT2D eigenvalue weighted by molar-refractivity contribution is 5.95. The van der Waals surface area contributed by atoms with Crippen molar-refractivity contribution in [3.05, 3.63) is 95.6 Å². The highest BCUT2D eigenvalue weighted by atomic mass is 15.1. The van der Waals surface area contributed by atoms with E-state index >= 15 is 0 Å². The average Bonchev–Trinajstić information content (AvgIpc) is 3.15. The van der Waals surface area contributed by atoms with E-state index in [0.717, 1.165) is 6.42 Å². The second-order valence-electron chi connectivity index (χ2n) is 6.47. The monoisotopic (exact) mass is 309 g/mol. The molecule has 1 atom stereocenters. The molecule has 3 aromatic carbocycles. The minimum absolute atomic E-state index is 0.266. The van der Waals surface area contributed by atoms with Crippen molar-refractivity contribution >= 4 is 10.9 Å². The lowest BCUT2D eigenvalue weighted by atomic mass is 9.95. The Morgan fingerprint density at radius 2 is 1.50 bits per heavy atom. The molecule has 0 fully saturated rings. The van der Waals surface area contributed by atoms with Crippen LogP contribution in [0, 0.1) is 0 Å². The van der Waals surface area contributed by atoms with Gasteiger partial charge in [0.25, 0.3) is 0 Å². The summed E-state index contributed by atoms with van der Waals surface area (Å²) in [6, 6.07) is 28.9. The quantitative estimate of drug-likeness (QED) is 0.387. The Kier molecular flexibility index (Phi) is 2.90. The van der Waals surface area contributed by atoms with Crippen molar-refractivity contribution in [2.75, 3.05) is 0 Å². The van der Waals surface area contributed by atoms with E-state index in [4.69, 9.17) is 0 Å². The molecule has 1 aliphatic rings. The van der Waals surface area contributed by atoms with E-state index in [0.29, 0.717) is 0 Å². The summed E-state index contributed by atoms with van der Waals surface area (Å²) in [5.41, 5.74) is 8.37. The first kappa shape index (κ1) is 13.6. The zero-order valence-electron chi connectivity index (χ0n) is 13.7. The van der Waals surface area contributed by atoms with Crippen LogP contribution >= 0.6 is 0 Å². The topological polar surface area (TPSA) is 4.93 Å². The smallest absolute Gasteiger partial charge is 0.0851 e. The number of nitrogens with zero attached hydrogens (tertiary/aromatic N) is 1. The second-order valence-corrected chi connectivity index (χ2v) is 6.47. The minimum atomic E-state index is 0.266. The summed E-state index contributed by atoms with van der Waals surface area (Å²) in [7, 11) is 0. The van der Waals surface area contributed by atoms with Crippen molar-refractivity contribution < 1.29 is 0 Å². The maximum absolute atomic E-state index is 2.55. The summed E-state index contributed by atoms with van der Waals surface area (Å²) in [6.45, 7) is 2.26. The van der Waals surface area contributed by atoms with Crippen molar-refractivity contribution in [1.29, 1.82) is 0 Å². The first-order valence-electron chi connectivity index (χ1n) is 8.66. The molecule has 4 aromatic rings. The molecule has 0 bridgehead atoms. The molecule has 2 heterocycles. The summed E-state index contributed by atoms with van der Waals surface area (Å²) < 4.78 is 2.55. The van der Waals surface area contributed by atoms with Crippen molar-refractivity contribution in [1.82, 2.24) is 4.57 Å². The number of para-hydroxylation sites is 1. The van der Waals surface area contributed by atoms with E-state index in [1.165, 1.54) is 38.9 Å². The molecular formula is C23H19N.